The van der Waals surface area contributed by atoms with Crippen LogP contribution in [0.2, 0.25) is 0 Å². The van der Waals surface area contributed by atoms with E-state index in [1.165, 1.54) is 0 Å². The van der Waals surface area contributed by atoms with Gasteiger partial charge in [0, 0.05) is 13.2 Å². The van der Waals surface area contributed by atoms with Crippen molar-refractivity contribution in [2.45, 2.75) is 26.0 Å². The number of nitrogens with one attached hydrogen (secondary N) is 1. The maximum Gasteiger partial charge on any atom is 0.261 e. The molecule has 0 unspecified atom stereocenters. The van der Waals surface area contributed by atoms with Crippen LogP contribution in [0.3, 0.4) is 0 Å². The van der Waals surface area contributed by atoms with E-state index in [9.17, 15) is 4.79 Å². The van der Waals surface area contributed by atoms with E-state index >= 15 is 0 Å². The molecule has 4 heteroatoms. The van der Waals surface area contributed by atoms with Gasteiger partial charge < -0.3 is 14.8 Å². The van der Waals surface area contributed by atoms with Crippen LogP contribution in [-0.2, 0) is 9.53 Å². The number of hydrogen-bond donors (Lipinski definition) is 1. The number of methoxy groups -OCH3 is 1. The molecule has 2 aromatic carbocycles. The van der Waals surface area contributed by atoms with Crippen molar-refractivity contribution in [2.75, 3.05) is 13.7 Å². The van der Waals surface area contributed by atoms with Crippen molar-refractivity contribution in [3.8, 4) is 5.75 Å². The molecule has 0 saturated heterocycles. The van der Waals surface area contributed by atoms with Crippen LogP contribution in [0.5, 0.6) is 5.75 Å². The Morgan fingerprint density at radius 1 is 1.14 bits per heavy atom. The third kappa shape index (κ3) is 4.20. The molecule has 1 N–H and O–H groups in total. The number of carbonyl (C=O) groups excluding carboxylic acids is 1. The molecule has 2 rings (SSSR count). The molecule has 0 radical (unpaired) electrons. The molecule has 1 amide bonds. The maximum absolute atomic E-state index is 12.0. The minimum atomic E-state index is -0.550. The molecule has 0 aliphatic rings. The first-order valence-corrected chi connectivity index (χ1v) is 7.05. The van der Waals surface area contributed by atoms with Crippen LogP contribution in [0.4, 0.5) is 0 Å². The van der Waals surface area contributed by atoms with E-state index in [1.807, 2.05) is 49.4 Å². The lowest BCUT2D eigenvalue weighted by Gasteiger charge is -2.18. The summed E-state index contributed by atoms with van der Waals surface area (Å²) < 4.78 is 10.7. The van der Waals surface area contributed by atoms with Crippen LogP contribution in [0.1, 0.15) is 13.8 Å². The molecule has 0 fully saturated rings. The highest BCUT2D eigenvalue weighted by Crippen LogP contribution is 2.21. The number of benzene rings is 2. The summed E-state index contributed by atoms with van der Waals surface area (Å²) >= 11 is 0. The minimum absolute atomic E-state index is 0.0369. The van der Waals surface area contributed by atoms with E-state index in [0.717, 1.165) is 10.8 Å². The highest BCUT2D eigenvalue weighted by molar-refractivity contribution is 5.84. The number of hydrogen-bond acceptors (Lipinski definition) is 3. The van der Waals surface area contributed by atoms with E-state index in [-0.39, 0.29) is 11.9 Å². The fraction of sp³-hybridized carbons (Fsp3) is 0.353. The second kappa shape index (κ2) is 7.09. The third-order valence-electron chi connectivity index (χ3n) is 3.21. The van der Waals surface area contributed by atoms with E-state index in [1.54, 1.807) is 14.0 Å². The summed E-state index contributed by atoms with van der Waals surface area (Å²) in [5, 5.41) is 5.09. The second-order valence-corrected chi connectivity index (χ2v) is 5.13. The Bertz CT molecular complexity index is 612. The summed E-state index contributed by atoms with van der Waals surface area (Å²) in [4.78, 5) is 12.0. The van der Waals surface area contributed by atoms with Gasteiger partial charge in [-0.2, -0.15) is 0 Å². The molecule has 0 aliphatic carbocycles. The number of carbonyl (C=O) groups is 1. The van der Waals surface area contributed by atoms with Crippen molar-refractivity contribution in [1.82, 2.24) is 5.32 Å². The van der Waals surface area contributed by atoms with Crippen molar-refractivity contribution in [1.29, 1.82) is 0 Å². The predicted octanol–water partition coefficient (Wildman–Crippen LogP) is 2.76. The third-order valence-corrected chi connectivity index (χ3v) is 3.21. The zero-order valence-corrected chi connectivity index (χ0v) is 12.6. The Kier molecular flexibility index (Phi) is 5.17. The van der Waals surface area contributed by atoms with Crippen LogP contribution >= 0.6 is 0 Å². The molecule has 0 heterocycles. The largest absolute Gasteiger partial charge is 0.481 e. The Morgan fingerprint density at radius 3 is 2.57 bits per heavy atom. The Morgan fingerprint density at radius 2 is 1.86 bits per heavy atom. The van der Waals surface area contributed by atoms with Gasteiger partial charge in [0.1, 0.15) is 5.75 Å². The first-order chi connectivity index (χ1) is 10.1. The summed E-state index contributed by atoms with van der Waals surface area (Å²) in [5.41, 5.74) is 0. The van der Waals surface area contributed by atoms with E-state index < -0.39 is 6.10 Å². The molecule has 2 aromatic rings. The molecule has 0 aliphatic heterocycles. The summed E-state index contributed by atoms with van der Waals surface area (Å²) in [7, 11) is 1.61. The van der Waals surface area contributed by atoms with Crippen molar-refractivity contribution < 1.29 is 14.3 Å². The maximum atomic E-state index is 12.0. The lowest BCUT2D eigenvalue weighted by atomic mass is 10.1. The highest BCUT2D eigenvalue weighted by Gasteiger charge is 2.16. The fourth-order valence-electron chi connectivity index (χ4n) is 2.15. The molecular formula is C17H21NO3. The van der Waals surface area contributed by atoms with Crippen molar-refractivity contribution in [2.24, 2.45) is 0 Å². The van der Waals surface area contributed by atoms with Gasteiger partial charge in [-0.05, 0) is 36.8 Å². The smallest absolute Gasteiger partial charge is 0.261 e. The predicted molar refractivity (Wildman–Crippen MR) is 83.5 cm³/mol. The standard InChI is InChI=1S/C17H21NO3/c1-12(11-20-3)18-17(19)13(2)21-16-9-8-14-6-4-5-7-15(14)10-16/h4-10,12-13H,11H2,1-3H3,(H,18,19)/t12-,13-/m0/s1. The average Bonchev–Trinajstić information content (AvgIpc) is 2.47. The second-order valence-electron chi connectivity index (χ2n) is 5.13. The zero-order valence-electron chi connectivity index (χ0n) is 12.6. The quantitative estimate of drug-likeness (QED) is 0.888. The Balaban J connectivity index is 2.00. The van der Waals surface area contributed by atoms with Gasteiger partial charge in [-0.1, -0.05) is 30.3 Å². The zero-order chi connectivity index (χ0) is 15.2. The van der Waals surface area contributed by atoms with Gasteiger partial charge in [0.05, 0.1) is 6.61 Å². The molecule has 0 spiro atoms. The minimum Gasteiger partial charge on any atom is -0.481 e. The first-order valence-electron chi connectivity index (χ1n) is 7.05. The van der Waals surface area contributed by atoms with Gasteiger partial charge >= 0.3 is 0 Å². The van der Waals surface area contributed by atoms with E-state index in [4.69, 9.17) is 9.47 Å². The normalized spacial score (nSPS) is 13.7. The van der Waals surface area contributed by atoms with Gasteiger partial charge in [0.15, 0.2) is 6.10 Å². The van der Waals surface area contributed by atoms with Crippen molar-refractivity contribution in [3.05, 3.63) is 42.5 Å². The van der Waals surface area contributed by atoms with E-state index in [2.05, 4.69) is 5.32 Å². The molecule has 0 aromatic heterocycles. The van der Waals surface area contributed by atoms with Crippen LogP contribution in [0.25, 0.3) is 10.8 Å². The van der Waals surface area contributed by atoms with Crippen molar-refractivity contribution in [3.63, 3.8) is 0 Å². The van der Waals surface area contributed by atoms with Crippen LogP contribution in [0.15, 0.2) is 42.5 Å². The van der Waals surface area contributed by atoms with Crippen LogP contribution in [-0.4, -0.2) is 31.8 Å². The molecular weight excluding hydrogens is 266 g/mol. The highest BCUT2D eigenvalue weighted by atomic mass is 16.5. The summed E-state index contributed by atoms with van der Waals surface area (Å²) in [5.74, 6) is 0.545. The molecule has 21 heavy (non-hydrogen) atoms. The molecule has 112 valence electrons. The molecule has 4 nitrogen and oxygen atoms in total. The van der Waals surface area contributed by atoms with Gasteiger partial charge in [0.25, 0.3) is 5.91 Å². The number of rotatable bonds is 6. The lowest BCUT2D eigenvalue weighted by molar-refractivity contribution is -0.128. The SMILES string of the molecule is COC[C@H](C)NC(=O)[C@H](C)Oc1ccc2ccccc2c1. The Labute approximate surface area is 125 Å². The Hall–Kier alpha value is -2.07. The van der Waals surface area contributed by atoms with Gasteiger partial charge in [0.2, 0.25) is 0 Å². The fourth-order valence-corrected chi connectivity index (χ4v) is 2.15. The van der Waals surface area contributed by atoms with Gasteiger partial charge in [-0.15, -0.1) is 0 Å². The lowest BCUT2D eigenvalue weighted by Crippen LogP contribution is -2.43. The number of fused-ring (bicyclic) bond motifs is 1. The average molecular weight is 287 g/mol. The topological polar surface area (TPSA) is 47.6 Å². The van der Waals surface area contributed by atoms with Crippen molar-refractivity contribution >= 4 is 16.7 Å². The van der Waals surface area contributed by atoms with Gasteiger partial charge in [-0.25, -0.2) is 0 Å². The van der Waals surface area contributed by atoms with Crippen LogP contribution in [0, 0.1) is 0 Å². The number of amides is 1. The van der Waals surface area contributed by atoms with E-state index in [0.29, 0.717) is 12.4 Å². The molecule has 0 saturated carbocycles. The molecule has 2 atom stereocenters. The summed E-state index contributed by atoms with van der Waals surface area (Å²) in [6, 6.07) is 13.8. The van der Waals surface area contributed by atoms with Gasteiger partial charge in [-0.3, -0.25) is 4.79 Å². The first kappa shape index (κ1) is 15.3. The van der Waals surface area contributed by atoms with Crippen LogP contribution < -0.4 is 10.1 Å². The summed E-state index contributed by atoms with van der Waals surface area (Å²) in [6.07, 6.45) is -0.550. The monoisotopic (exact) mass is 287 g/mol. The molecule has 0 bridgehead atoms. The number of ether oxygens (including phenoxy) is 2. The summed E-state index contributed by atoms with van der Waals surface area (Å²) in [6.45, 7) is 4.11.